The zero-order valence-corrected chi connectivity index (χ0v) is 8.81. The first-order valence-corrected chi connectivity index (χ1v) is 5.10. The van der Waals surface area contributed by atoms with Crippen molar-refractivity contribution in [2.45, 2.75) is 18.5 Å². The molecule has 0 radical (unpaired) electrons. The molecule has 1 aromatic rings. The Balaban J connectivity index is 2.20. The van der Waals surface area contributed by atoms with E-state index in [0.717, 1.165) is 0 Å². The molecule has 0 aliphatic carbocycles. The van der Waals surface area contributed by atoms with E-state index in [4.69, 9.17) is 5.11 Å². The van der Waals surface area contributed by atoms with Gasteiger partial charge in [-0.1, -0.05) is 12.1 Å². The fourth-order valence-corrected chi connectivity index (χ4v) is 1.93. The predicted octanol–water partition coefficient (Wildman–Crippen LogP) is 1.02. The van der Waals surface area contributed by atoms with Crippen LogP contribution in [0.4, 0.5) is 9.18 Å². The molecule has 2 amide bonds. The predicted molar refractivity (Wildman–Crippen MR) is 56.8 cm³/mol. The normalized spacial score (nSPS) is 23.2. The van der Waals surface area contributed by atoms with Crippen molar-refractivity contribution in [2.24, 2.45) is 0 Å². The smallest absolute Gasteiger partial charge is 0.404 e. The van der Waals surface area contributed by atoms with Gasteiger partial charge in [0.2, 0.25) is 5.91 Å². The number of halogens is 1. The second kappa shape index (κ2) is 4.40. The minimum atomic E-state index is -1.18. The molecule has 90 valence electrons. The van der Waals surface area contributed by atoms with Gasteiger partial charge in [0, 0.05) is 6.42 Å². The minimum absolute atomic E-state index is 0.0916. The van der Waals surface area contributed by atoms with Crippen LogP contribution in [0.5, 0.6) is 0 Å². The lowest BCUT2D eigenvalue weighted by Gasteiger charge is -2.18. The maximum absolute atomic E-state index is 12.8. The van der Waals surface area contributed by atoms with Gasteiger partial charge in [0.1, 0.15) is 5.82 Å². The first-order valence-electron chi connectivity index (χ1n) is 5.10. The zero-order valence-electron chi connectivity index (χ0n) is 8.81. The summed E-state index contributed by atoms with van der Waals surface area (Å²) in [4.78, 5) is 21.9. The van der Waals surface area contributed by atoms with Crippen LogP contribution in [0, 0.1) is 5.82 Å². The lowest BCUT2D eigenvalue weighted by molar-refractivity contribution is -0.119. The fraction of sp³-hybridized carbons (Fsp3) is 0.273. The van der Waals surface area contributed by atoms with Crippen molar-refractivity contribution >= 4 is 12.0 Å². The van der Waals surface area contributed by atoms with Crippen LogP contribution in [0.25, 0.3) is 0 Å². The Hall–Kier alpha value is -2.11. The van der Waals surface area contributed by atoms with Gasteiger partial charge < -0.3 is 15.7 Å². The minimum Gasteiger partial charge on any atom is -0.465 e. The van der Waals surface area contributed by atoms with Crippen LogP contribution in [-0.2, 0) is 4.79 Å². The van der Waals surface area contributed by atoms with E-state index in [1.165, 1.54) is 24.3 Å². The molecule has 2 unspecified atom stereocenters. The van der Waals surface area contributed by atoms with Gasteiger partial charge in [-0.2, -0.15) is 0 Å². The van der Waals surface area contributed by atoms with Gasteiger partial charge in [0.05, 0.1) is 12.1 Å². The molecule has 0 aromatic heterocycles. The summed E-state index contributed by atoms with van der Waals surface area (Å²) in [7, 11) is 0. The molecule has 0 saturated carbocycles. The van der Waals surface area contributed by atoms with Crippen LogP contribution in [0.1, 0.15) is 18.0 Å². The highest BCUT2D eigenvalue weighted by Crippen LogP contribution is 2.24. The maximum atomic E-state index is 12.8. The Bertz CT molecular complexity index is 447. The molecular formula is C11H11FN2O3. The number of carbonyl (C=O) groups is 2. The second-order valence-corrected chi connectivity index (χ2v) is 3.86. The summed E-state index contributed by atoms with van der Waals surface area (Å²) in [5.74, 6) is -0.598. The molecule has 2 atom stereocenters. The Morgan fingerprint density at radius 1 is 1.41 bits per heavy atom. The number of carboxylic acid groups (broad SMARTS) is 1. The van der Waals surface area contributed by atoms with Crippen molar-refractivity contribution in [3.63, 3.8) is 0 Å². The highest BCUT2D eigenvalue weighted by Gasteiger charge is 2.34. The van der Waals surface area contributed by atoms with Crippen LogP contribution in [0.3, 0.4) is 0 Å². The van der Waals surface area contributed by atoms with Crippen LogP contribution in [0.2, 0.25) is 0 Å². The van der Waals surface area contributed by atoms with E-state index in [1.807, 2.05) is 0 Å². The summed E-state index contributed by atoms with van der Waals surface area (Å²) >= 11 is 0. The highest BCUT2D eigenvalue weighted by atomic mass is 19.1. The second-order valence-electron chi connectivity index (χ2n) is 3.86. The molecule has 1 aliphatic heterocycles. The van der Waals surface area contributed by atoms with Gasteiger partial charge in [-0.15, -0.1) is 0 Å². The Morgan fingerprint density at radius 2 is 2.06 bits per heavy atom. The number of hydrogen-bond donors (Lipinski definition) is 3. The van der Waals surface area contributed by atoms with Crippen molar-refractivity contribution < 1.29 is 19.1 Å². The van der Waals surface area contributed by atoms with Gasteiger partial charge in [0.25, 0.3) is 0 Å². The van der Waals surface area contributed by atoms with E-state index >= 15 is 0 Å². The molecule has 1 aromatic carbocycles. The summed E-state index contributed by atoms with van der Waals surface area (Å²) in [6, 6.07) is 4.64. The number of amides is 2. The summed E-state index contributed by atoms with van der Waals surface area (Å²) < 4.78 is 12.8. The van der Waals surface area contributed by atoms with Gasteiger partial charge in [-0.25, -0.2) is 9.18 Å². The van der Waals surface area contributed by atoms with Crippen molar-refractivity contribution in [1.29, 1.82) is 0 Å². The van der Waals surface area contributed by atoms with Crippen molar-refractivity contribution in [3.8, 4) is 0 Å². The standard InChI is InChI=1S/C11H11FN2O3/c12-7-3-1-6(2-4-7)10-8(13-11(16)17)5-9(15)14-10/h1-4,8,10,13H,5H2,(H,14,15)(H,16,17). The average Bonchev–Trinajstić information content (AvgIpc) is 2.59. The number of benzene rings is 1. The van der Waals surface area contributed by atoms with E-state index in [9.17, 15) is 14.0 Å². The zero-order chi connectivity index (χ0) is 12.4. The molecule has 1 saturated heterocycles. The molecule has 17 heavy (non-hydrogen) atoms. The molecular weight excluding hydrogens is 227 g/mol. The van der Waals surface area contributed by atoms with Gasteiger partial charge >= 0.3 is 6.09 Å². The Kier molecular flexibility index (Phi) is 2.95. The number of nitrogens with one attached hydrogen (secondary N) is 2. The van der Waals surface area contributed by atoms with Gasteiger partial charge in [0.15, 0.2) is 0 Å². The molecule has 5 nitrogen and oxygen atoms in total. The average molecular weight is 238 g/mol. The summed E-state index contributed by atoms with van der Waals surface area (Å²) in [6.45, 7) is 0. The molecule has 2 rings (SSSR count). The maximum Gasteiger partial charge on any atom is 0.404 e. The molecule has 1 fully saturated rings. The molecule has 0 spiro atoms. The number of carbonyl (C=O) groups excluding carboxylic acids is 1. The number of hydrogen-bond acceptors (Lipinski definition) is 2. The number of rotatable bonds is 2. The summed E-state index contributed by atoms with van der Waals surface area (Å²) in [5.41, 5.74) is 0.677. The van der Waals surface area contributed by atoms with E-state index in [2.05, 4.69) is 10.6 Å². The van der Waals surface area contributed by atoms with Gasteiger partial charge in [-0.05, 0) is 17.7 Å². The van der Waals surface area contributed by atoms with Crippen molar-refractivity contribution in [1.82, 2.24) is 10.6 Å². The molecule has 1 aliphatic rings. The molecule has 3 N–H and O–H groups in total. The SMILES string of the molecule is O=C(O)NC1CC(=O)NC1c1ccc(F)cc1. The monoisotopic (exact) mass is 238 g/mol. The molecule has 1 heterocycles. The largest absolute Gasteiger partial charge is 0.465 e. The third-order valence-corrected chi connectivity index (χ3v) is 2.66. The van der Waals surface area contributed by atoms with Gasteiger partial charge in [-0.3, -0.25) is 4.79 Å². The van der Waals surface area contributed by atoms with Crippen molar-refractivity contribution in [3.05, 3.63) is 35.6 Å². The van der Waals surface area contributed by atoms with E-state index in [1.54, 1.807) is 0 Å². The third kappa shape index (κ3) is 2.52. The van der Waals surface area contributed by atoms with Crippen LogP contribution in [0.15, 0.2) is 24.3 Å². The first kappa shape index (κ1) is 11.4. The molecule has 0 bridgehead atoms. The quantitative estimate of drug-likeness (QED) is 0.719. The van der Waals surface area contributed by atoms with Crippen LogP contribution < -0.4 is 10.6 Å². The van der Waals surface area contributed by atoms with E-state index in [-0.39, 0.29) is 18.1 Å². The Labute approximate surface area is 96.6 Å². The van der Waals surface area contributed by atoms with E-state index in [0.29, 0.717) is 5.56 Å². The van der Waals surface area contributed by atoms with Crippen molar-refractivity contribution in [2.75, 3.05) is 0 Å². The first-order chi connectivity index (χ1) is 8.06. The highest BCUT2D eigenvalue weighted by molar-refractivity contribution is 5.81. The van der Waals surface area contributed by atoms with E-state index < -0.39 is 18.2 Å². The fourth-order valence-electron chi connectivity index (χ4n) is 1.93. The lowest BCUT2D eigenvalue weighted by Crippen LogP contribution is -2.37. The Morgan fingerprint density at radius 3 is 2.65 bits per heavy atom. The third-order valence-electron chi connectivity index (χ3n) is 2.66. The van der Waals surface area contributed by atoms with Crippen LogP contribution in [-0.4, -0.2) is 23.1 Å². The lowest BCUT2D eigenvalue weighted by atomic mass is 10.0. The topological polar surface area (TPSA) is 78.4 Å². The van der Waals surface area contributed by atoms with Crippen LogP contribution >= 0.6 is 0 Å². The summed E-state index contributed by atoms with van der Waals surface area (Å²) in [6.07, 6.45) is -1.09. The summed E-state index contributed by atoms with van der Waals surface area (Å²) in [5, 5.41) is 13.6. The molecule has 6 heteroatoms.